The van der Waals surface area contributed by atoms with E-state index in [1.54, 1.807) is 30.3 Å². The van der Waals surface area contributed by atoms with E-state index < -0.39 is 11.8 Å². The first-order chi connectivity index (χ1) is 13.9. The number of carbonyl (C=O) groups is 2. The largest absolute Gasteiger partial charge is 0.493 e. The number of anilines is 1. The van der Waals surface area contributed by atoms with E-state index in [-0.39, 0.29) is 6.42 Å². The fraction of sp³-hybridized carbons (Fsp3) is 0.190. The molecule has 0 unspecified atom stereocenters. The monoisotopic (exact) mass is 459 g/mol. The highest BCUT2D eigenvalue weighted by atomic mass is 79.9. The molecule has 8 heteroatoms. The number of rotatable bonds is 9. The molecule has 2 aromatic rings. The minimum Gasteiger partial charge on any atom is -0.493 e. The van der Waals surface area contributed by atoms with E-state index in [0.717, 1.165) is 5.56 Å². The molecule has 0 saturated carbocycles. The topological polar surface area (TPSA) is 89.0 Å². The van der Waals surface area contributed by atoms with Crippen LogP contribution in [-0.4, -0.2) is 31.7 Å². The van der Waals surface area contributed by atoms with E-state index in [1.807, 2.05) is 19.1 Å². The van der Waals surface area contributed by atoms with Gasteiger partial charge >= 0.3 is 0 Å². The Hall–Kier alpha value is -3.13. The normalized spacial score (nSPS) is 10.4. The van der Waals surface area contributed by atoms with Gasteiger partial charge in [0.15, 0.2) is 11.5 Å². The zero-order chi connectivity index (χ0) is 21.2. The van der Waals surface area contributed by atoms with Gasteiger partial charge in [-0.25, -0.2) is 5.43 Å². The van der Waals surface area contributed by atoms with Gasteiger partial charge in [0.2, 0.25) is 11.8 Å². The lowest BCUT2D eigenvalue weighted by molar-refractivity contribution is -0.126. The summed E-state index contributed by atoms with van der Waals surface area (Å²) in [6, 6.07) is 10.8. The Morgan fingerprint density at radius 2 is 1.93 bits per heavy atom. The minimum atomic E-state index is -0.525. The van der Waals surface area contributed by atoms with E-state index in [2.05, 4.69) is 38.4 Å². The Labute approximate surface area is 177 Å². The van der Waals surface area contributed by atoms with Crippen LogP contribution in [0.25, 0.3) is 0 Å². The second kappa shape index (κ2) is 11.0. The van der Waals surface area contributed by atoms with Gasteiger partial charge in [-0.15, -0.1) is 0 Å². The quantitative estimate of drug-likeness (QED) is 0.258. The first-order valence-corrected chi connectivity index (χ1v) is 9.52. The van der Waals surface area contributed by atoms with Crippen molar-refractivity contribution in [3.05, 3.63) is 64.7 Å². The third kappa shape index (κ3) is 7.08. The Kier molecular flexibility index (Phi) is 8.42. The van der Waals surface area contributed by atoms with Gasteiger partial charge in [0.05, 0.1) is 17.8 Å². The molecule has 0 aromatic heterocycles. The first kappa shape index (κ1) is 22.2. The molecule has 2 aromatic carbocycles. The average Bonchev–Trinajstić information content (AvgIpc) is 2.68. The number of ether oxygens (including phenoxy) is 2. The highest BCUT2D eigenvalue weighted by Crippen LogP contribution is 2.36. The number of nitrogens with zero attached hydrogens (tertiary/aromatic N) is 1. The summed E-state index contributed by atoms with van der Waals surface area (Å²) < 4.78 is 11.5. The maximum Gasteiger partial charge on any atom is 0.249 e. The number of amides is 2. The Morgan fingerprint density at radius 1 is 1.21 bits per heavy atom. The van der Waals surface area contributed by atoms with Gasteiger partial charge in [-0.2, -0.15) is 5.10 Å². The molecule has 0 heterocycles. The number of halogens is 1. The highest BCUT2D eigenvalue weighted by molar-refractivity contribution is 9.10. The van der Waals surface area contributed by atoms with Crippen molar-refractivity contribution in [1.29, 1.82) is 0 Å². The van der Waals surface area contributed by atoms with Crippen molar-refractivity contribution < 1.29 is 19.1 Å². The summed E-state index contributed by atoms with van der Waals surface area (Å²) in [6.45, 7) is 5.90. The fourth-order valence-electron chi connectivity index (χ4n) is 2.30. The number of carbonyl (C=O) groups excluding carboxylic acids is 2. The number of hydrogen-bond donors (Lipinski definition) is 2. The lowest BCUT2D eigenvalue weighted by atomic mass is 10.2. The van der Waals surface area contributed by atoms with E-state index in [9.17, 15) is 9.59 Å². The predicted molar refractivity (Wildman–Crippen MR) is 117 cm³/mol. The molecule has 0 aliphatic carbocycles. The number of benzene rings is 2. The molecule has 0 atom stereocenters. The van der Waals surface area contributed by atoms with Crippen LogP contribution in [0, 0.1) is 6.92 Å². The summed E-state index contributed by atoms with van der Waals surface area (Å²) in [5.74, 6) is 0.102. The molecular weight excluding hydrogens is 438 g/mol. The van der Waals surface area contributed by atoms with Gasteiger partial charge in [-0.05, 0) is 52.7 Å². The Bertz CT molecular complexity index is 911. The lowest BCUT2D eigenvalue weighted by Crippen LogP contribution is -2.24. The molecule has 2 rings (SSSR count). The first-order valence-electron chi connectivity index (χ1n) is 8.72. The van der Waals surface area contributed by atoms with Crippen LogP contribution in [-0.2, 0) is 9.59 Å². The summed E-state index contributed by atoms with van der Waals surface area (Å²) >= 11 is 3.42. The average molecular weight is 460 g/mol. The van der Waals surface area contributed by atoms with E-state index in [4.69, 9.17) is 9.47 Å². The molecular formula is C21H22BrN3O4. The molecule has 0 aliphatic rings. The van der Waals surface area contributed by atoms with Crippen LogP contribution >= 0.6 is 15.9 Å². The summed E-state index contributed by atoms with van der Waals surface area (Å²) in [5, 5.41) is 6.54. The Balaban J connectivity index is 1.92. The predicted octanol–water partition coefficient (Wildman–Crippen LogP) is 3.81. The molecule has 0 spiro atoms. The van der Waals surface area contributed by atoms with Crippen LogP contribution in [0.3, 0.4) is 0 Å². The van der Waals surface area contributed by atoms with Crippen LogP contribution in [0.2, 0.25) is 0 Å². The lowest BCUT2D eigenvalue weighted by Gasteiger charge is -2.12. The van der Waals surface area contributed by atoms with Gasteiger partial charge in [0.1, 0.15) is 13.0 Å². The van der Waals surface area contributed by atoms with Crippen molar-refractivity contribution >= 4 is 39.6 Å². The van der Waals surface area contributed by atoms with Crippen LogP contribution in [0.1, 0.15) is 17.5 Å². The van der Waals surface area contributed by atoms with Crippen LogP contribution in [0.5, 0.6) is 11.5 Å². The Morgan fingerprint density at radius 3 is 2.59 bits per heavy atom. The van der Waals surface area contributed by atoms with Crippen molar-refractivity contribution in [2.75, 3.05) is 19.0 Å². The molecule has 0 aliphatic heterocycles. The summed E-state index contributed by atoms with van der Waals surface area (Å²) in [4.78, 5) is 23.8. The molecule has 2 amide bonds. The van der Waals surface area contributed by atoms with E-state index >= 15 is 0 Å². The molecule has 0 saturated heterocycles. The number of methoxy groups -OCH3 is 1. The smallest absolute Gasteiger partial charge is 0.249 e. The highest BCUT2D eigenvalue weighted by Gasteiger charge is 2.11. The zero-order valence-corrected chi connectivity index (χ0v) is 17.8. The third-order valence-electron chi connectivity index (χ3n) is 3.66. The third-order valence-corrected chi connectivity index (χ3v) is 4.25. The van der Waals surface area contributed by atoms with Crippen LogP contribution in [0.4, 0.5) is 5.69 Å². The molecule has 29 heavy (non-hydrogen) atoms. The summed E-state index contributed by atoms with van der Waals surface area (Å²) in [7, 11) is 1.53. The van der Waals surface area contributed by atoms with Crippen molar-refractivity contribution in [1.82, 2.24) is 5.43 Å². The van der Waals surface area contributed by atoms with Crippen molar-refractivity contribution in [2.24, 2.45) is 5.10 Å². The zero-order valence-electron chi connectivity index (χ0n) is 16.2. The molecule has 0 fully saturated rings. The number of nitrogens with one attached hydrogen (secondary N) is 2. The maximum atomic E-state index is 11.9. The SMILES string of the molecule is C=CCOc1c(Br)cc(C=NNC(=O)CC(=O)Nc2ccc(C)cc2)cc1OC. The fourth-order valence-corrected chi connectivity index (χ4v) is 2.88. The van der Waals surface area contributed by atoms with Gasteiger partial charge in [-0.1, -0.05) is 30.4 Å². The van der Waals surface area contributed by atoms with Crippen LogP contribution in [0.15, 0.2) is 58.6 Å². The van der Waals surface area contributed by atoms with Crippen molar-refractivity contribution in [2.45, 2.75) is 13.3 Å². The molecule has 152 valence electrons. The van der Waals surface area contributed by atoms with Crippen LogP contribution < -0.4 is 20.2 Å². The standard InChI is InChI=1S/C21H22BrN3O4/c1-4-9-29-21-17(22)10-15(11-18(21)28-3)13-23-25-20(27)12-19(26)24-16-7-5-14(2)6-8-16/h4-8,10-11,13H,1,9,12H2,2-3H3,(H,24,26)(H,25,27). The van der Waals surface area contributed by atoms with Crippen molar-refractivity contribution in [3.8, 4) is 11.5 Å². The van der Waals surface area contributed by atoms with Gasteiger partial charge in [-0.3, -0.25) is 9.59 Å². The number of hydrogen-bond acceptors (Lipinski definition) is 5. The second-order valence-electron chi connectivity index (χ2n) is 6.02. The van der Waals surface area contributed by atoms with Crippen molar-refractivity contribution in [3.63, 3.8) is 0 Å². The summed E-state index contributed by atoms with van der Waals surface area (Å²) in [5.41, 5.74) is 4.72. The van der Waals surface area contributed by atoms with Gasteiger partial charge < -0.3 is 14.8 Å². The minimum absolute atomic E-state index is 0.336. The van der Waals surface area contributed by atoms with Gasteiger partial charge in [0, 0.05) is 5.69 Å². The molecule has 0 radical (unpaired) electrons. The molecule has 0 bridgehead atoms. The van der Waals surface area contributed by atoms with E-state index in [1.165, 1.54) is 13.3 Å². The molecule has 2 N–H and O–H groups in total. The number of aryl methyl sites for hydroxylation is 1. The molecule has 7 nitrogen and oxygen atoms in total. The second-order valence-corrected chi connectivity index (χ2v) is 6.87. The maximum absolute atomic E-state index is 11.9. The summed E-state index contributed by atoms with van der Waals surface area (Å²) in [6.07, 6.45) is 2.73. The number of hydrazone groups is 1. The van der Waals surface area contributed by atoms with E-state index in [0.29, 0.717) is 33.8 Å². The van der Waals surface area contributed by atoms with Gasteiger partial charge in [0.25, 0.3) is 0 Å².